The monoisotopic (exact) mass is 140 g/mol. The maximum absolute atomic E-state index is 10.1. The van der Waals surface area contributed by atoms with Gasteiger partial charge in [0.15, 0.2) is 6.10 Å². The molecule has 1 N–H and O–H groups in total. The number of carbonyl (C=O) groups is 1. The van der Waals surface area contributed by atoms with Crippen molar-refractivity contribution in [2.75, 3.05) is 6.61 Å². The van der Waals surface area contributed by atoms with Gasteiger partial charge in [0.25, 0.3) is 0 Å². The Morgan fingerprint density at radius 1 is 1.80 bits per heavy atom. The van der Waals surface area contributed by atoms with Crippen molar-refractivity contribution in [3.63, 3.8) is 0 Å². The number of rotatable bonds is 4. The molecule has 0 bridgehead atoms. The van der Waals surface area contributed by atoms with Gasteiger partial charge in [-0.1, -0.05) is 6.92 Å². The van der Waals surface area contributed by atoms with Crippen LogP contribution in [0.2, 0.25) is 0 Å². The van der Waals surface area contributed by atoms with E-state index in [1.807, 2.05) is 6.92 Å². The molecule has 0 aliphatic heterocycles. The first-order valence-corrected chi connectivity index (χ1v) is 3.03. The largest absolute Gasteiger partial charge is 1.00 e. The quantitative estimate of drug-likeness (QED) is 0.459. The van der Waals surface area contributed by atoms with Crippen molar-refractivity contribution < 1.29 is 34.9 Å². The molecule has 0 saturated carbocycles. The van der Waals surface area contributed by atoms with E-state index in [0.717, 1.165) is 6.42 Å². The van der Waals surface area contributed by atoms with E-state index in [4.69, 9.17) is 9.84 Å². The molecule has 0 aromatic heterocycles. The molecule has 0 aliphatic rings. The summed E-state index contributed by atoms with van der Waals surface area (Å²) in [6.07, 6.45) is 0.197. The fourth-order valence-electron chi connectivity index (χ4n) is 0.366. The fraction of sp³-hybridized carbons (Fsp3) is 0.833. The molecule has 0 rings (SSSR count). The van der Waals surface area contributed by atoms with Gasteiger partial charge in [-0.05, 0) is 13.3 Å². The Labute approximate surface area is 74.4 Å². The van der Waals surface area contributed by atoms with E-state index >= 15 is 0 Å². The van der Waals surface area contributed by atoms with Gasteiger partial charge in [0.1, 0.15) is 0 Å². The van der Waals surface area contributed by atoms with E-state index in [1.54, 1.807) is 0 Å². The van der Waals surface area contributed by atoms with Crippen LogP contribution in [0.3, 0.4) is 0 Å². The molecule has 1 atom stereocenters. The van der Waals surface area contributed by atoms with Crippen LogP contribution in [0.4, 0.5) is 0 Å². The topological polar surface area (TPSA) is 46.5 Å². The van der Waals surface area contributed by atoms with E-state index in [0.29, 0.717) is 6.61 Å². The molecule has 0 saturated heterocycles. The predicted molar refractivity (Wildman–Crippen MR) is 34.5 cm³/mol. The number of carboxylic acid groups (broad SMARTS) is 1. The maximum Gasteiger partial charge on any atom is 1.00 e. The van der Waals surface area contributed by atoms with Crippen LogP contribution in [0, 0.1) is 0 Å². The molecule has 1 unspecified atom stereocenters. The number of hydrogen-bond acceptors (Lipinski definition) is 2. The van der Waals surface area contributed by atoms with Crippen molar-refractivity contribution in [2.24, 2.45) is 0 Å². The molecule has 0 aliphatic carbocycles. The van der Waals surface area contributed by atoms with Crippen LogP contribution in [0.15, 0.2) is 0 Å². The molecular formula is C6H13LiO3. The zero-order valence-corrected chi connectivity index (χ0v) is 6.76. The molecule has 0 radical (unpaired) electrons. The summed E-state index contributed by atoms with van der Waals surface area (Å²) in [6.45, 7) is 3.99. The Morgan fingerprint density at radius 2 is 2.30 bits per heavy atom. The molecule has 0 amide bonds. The maximum atomic E-state index is 10.1. The Kier molecular flexibility index (Phi) is 9.05. The standard InChI is InChI=1S/C6H12O3.Li.H/c1-3-4-9-5(2)6(7)8;;/h5H,3-4H2,1-2H3,(H,7,8);;/q;+1;-1. The summed E-state index contributed by atoms with van der Waals surface area (Å²) in [5, 5.41) is 8.28. The zero-order chi connectivity index (χ0) is 7.28. The second-order valence-electron chi connectivity index (χ2n) is 1.85. The van der Waals surface area contributed by atoms with Gasteiger partial charge in [0.2, 0.25) is 0 Å². The minimum Gasteiger partial charge on any atom is -1.00 e. The summed E-state index contributed by atoms with van der Waals surface area (Å²) < 4.78 is 4.85. The molecule has 0 heterocycles. The molecule has 56 valence electrons. The van der Waals surface area contributed by atoms with Crippen LogP contribution in [0.25, 0.3) is 0 Å². The van der Waals surface area contributed by atoms with Crippen molar-refractivity contribution >= 4 is 5.97 Å². The van der Waals surface area contributed by atoms with E-state index < -0.39 is 12.1 Å². The summed E-state index contributed by atoms with van der Waals surface area (Å²) in [5.74, 6) is -0.900. The third-order valence-electron chi connectivity index (χ3n) is 0.920. The molecule has 4 heteroatoms. The number of hydrogen-bond donors (Lipinski definition) is 1. The van der Waals surface area contributed by atoms with Gasteiger partial charge in [-0.3, -0.25) is 0 Å². The van der Waals surface area contributed by atoms with E-state index in [9.17, 15) is 4.79 Å². The Bertz CT molecular complexity index is 99.8. The van der Waals surface area contributed by atoms with Gasteiger partial charge in [-0.15, -0.1) is 0 Å². The molecule has 0 aromatic carbocycles. The molecule has 0 fully saturated rings. The van der Waals surface area contributed by atoms with Crippen molar-refractivity contribution in [3.8, 4) is 0 Å². The Hall–Kier alpha value is 0.0274. The van der Waals surface area contributed by atoms with E-state index in [1.165, 1.54) is 6.92 Å². The third-order valence-corrected chi connectivity index (χ3v) is 0.920. The van der Waals surface area contributed by atoms with Crippen LogP contribution in [0.5, 0.6) is 0 Å². The van der Waals surface area contributed by atoms with Gasteiger partial charge in [0, 0.05) is 6.61 Å². The first-order valence-electron chi connectivity index (χ1n) is 3.03. The molecular weight excluding hydrogens is 127 g/mol. The average Bonchev–Trinajstić information content (AvgIpc) is 1.82. The first kappa shape index (κ1) is 12.7. The summed E-state index contributed by atoms with van der Waals surface area (Å²) in [5.41, 5.74) is 0. The SMILES string of the molecule is CCCOC(C)C(=O)O.[H-].[Li+]. The average molecular weight is 140 g/mol. The number of carboxylic acids is 1. The Morgan fingerprint density at radius 3 is 2.60 bits per heavy atom. The molecule has 0 aromatic rings. The minimum absolute atomic E-state index is 0. The van der Waals surface area contributed by atoms with E-state index in [-0.39, 0.29) is 20.3 Å². The molecule has 10 heavy (non-hydrogen) atoms. The summed E-state index contributed by atoms with van der Waals surface area (Å²) in [7, 11) is 0. The van der Waals surface area contributed by atoms with Gasteiger partial charge in [-0.25, -0.2) is 4.79 Å². The van der Waals surface area contributed by atoms with Gasteiger partial charge < -0.3 is 11.3 Å². The normalized spacial score (nSPS) is 11.8. The van der Waals surface area contributed by atoms with Crippen molar-refractivity contribution in [3.05, 3.63) is 0 Å². The summed E-state index contributed by atoms with van der Waals surface area (Å²) >= 11 is 0. The predicted octanol–water partition coefficient (Wildman–Crippen LogP) is -2.00. The molecule has 3 nitrogen and oxygen atoms in total. The second kappa shape index (κ2) is 7.14. The zero-order valence-electron chi connectivity index (χ0n) is 7.76. The second-order valence-corrected chi connectivity index (χ2v) is 1.85. The van der Waals surface area contributed by atoms with Crippen LogP contribution < -0.4 is 18.9 Å². The third kappa shape index (κ3) is 6.15. The van der Waals surface area contributed by atoms with Crippen LogP contribution >= 0.6 is 0 Å². The fourth-order valence-corrected chi connectivity index (χ4v) is 0.366. The minimum atomic E-state index is -0.900. The van der Waals surface area contributed by atoms with Crippen LogP contribution in [0.1, 0.15) is 21.7 Å². The van der Waals surface area contributed by atoms with Crippen LogP contribution in [-0.4, -0.2) is 23.8 Å². The molecule has 0 spiro atoms. The van der Waals surface area contributed by atoms with Crippen LogP contribution in [-0.2, 0) is 9.53 Å². The van der Waals surface area contributed by atoms with Crippen molar-refractivity contribution in [1.82, 2.24) is 0 Å². The first-order chi connectivity index (χ1) is 4.18. The number of ether oxygens (including phenoxy) is 1. The van der Waals surface area contributed by atoms with Gasteiger partial charge in [0.05, 0.1) is 0 Å². The van der Waals surface area contributed by atoms with Gasteiger partial charge in [-0.2, -0.15) is 0 Å². The number of aliphatic carboxylic acids is 1. The van der Waals surface area contributed by atoms with Gasteiger partial charge >= 0.3 is 24.8 Å². The Balaban J connectivity index is -0.000000320. The summed E-state index contributed by atoms with van der Waals surface area (Å²) in [4.78, 5) is 10.1. The van der Waals surface area contributed by atoms with Crippen molar-refractivity contribution in [2.45, 2.75) is 26.4 Å². The van der Waals surface area contributed by atoms with Crippen molar-refractivity contribution in [1.29, 1.82) is 0 Å². The van der Waals surface area contributed by atoms with E-state index in [2.05, 4.69) is 0 Å². The summed E-state index contributed by atoms with van der Waals surface area (Å²) in [6, 6.07) is 0. The smallest absolute Gasteiger partial charge is 1.00 e.